The summed E-state index contributed by atoms with van der Waals surface area (Å²) in [5.74, 6) is 12.2. The minimum absolute atomic E-state index is 0.115. The first kappa shape index (κ1) is 90.4. The number of rotatable bonds is 25. The van der Waals surface area contributed by atoms with Crippen molar-refractivity contribution >= 4 is 11.6 Å². The van der Waals surface area contributed by atoms with E-state index in [2.05, 4.69) is 70.6 Å². The summed E-state index contributed by atoms with van der Waals surface area (Å²) in [6.45, 7) is 18.8. The number of nitrogens with zero attached hydrogens (tertiary/aromatic N) is 8. The first-order valence-electron chi connectivity index (χ1n) is 45.9. The summed E-state index contributed by atoms with van der Waals surface area (Å²) in [5, 5.41) is 78.0. The highest BCUT2D eigenvalue weighted by molar-refractivity contribution is 5.98. The maximum Gasteiger partial charge on any atom is 0.176 e. The van der Waals surface area contributed by atoms with E-state index in [-0.39, 0.29) is 52.5 Å². The molecule has 10 aliphatic rings. The number of aromatic nitrogens is 3. The highest BCUT2D eigenvalue weighted by Crippen LogP contribution is 2.46. The smallest absolute Gasteiger partial charge is 0.176 e. The van der Waals surface area contributed by atoms with E-state index in [9.17, 15) is 50.4 Å². The molecule has 23 heteroatoms. The highest BCUT2D eigenvalue weighted by Gasteiger charge is 2.47. The zero-order valence-electron chi connectivity index (χ0n) is 73.6. The topological polar surface area (TPSA) is 297 Å². The number of aliphatic hydroxyl groups is 3. The molecule has 3 aromatic heterocycles. The third kappa shape index (κ3) is 24.5. The largest absolute Gasteiger partial charge is 0.508 e. The lowest BCUT2D eigenvalue weighted by Gasteiger charge is -2.22. The molecule has 8 N–H and O–H groups in total. The molecule has 7 aromatic carbocycles. The molecule has 18 atom stereocenters. The van der Waals surface area contributed by atoms with Crippen molar-refractivity contribution in [3.8, 4) is 57.5 Å². The first-order chi connectivity index (χ1) is 62.1. The second kappa shape index (κ2) is 42.5. The number of aromatic hydroxyl groups is 5. The molecule has 8 unspecified atom stereocenters. The van der Waals surface area contributed by atoms with Crippen LogP contribution in [0.1, 0.15) is 137 Å². The van der Waals surface area contributed by atoms with E-state index < -0.39 is 18.3 Å². The van der Waals surface area contributed by atoms with E-state index in [1.165, 1.54) is 11.8 Å². The number of hydrogen-bond donors (Lipinski definition) is 8. The first-order valence-corrected chi connectivity index (χ1v) is 45.9. The van der Waals surface area contributed by atoms with Gasteiger partial charge in [0.05, 0.1) is 79.1 Å². The van der Waals surface area contributed by atoms with Gasteiger partial charge in [-0.25, -0.2) is 0 Å². The number of ether oxygens (including phenoxy) is 5. The van der Waals surface area contributed by atoms with Crippen molar-refractivity contribution in [1.82, 2.24) is 39.5 Å². The van der Waals surface area contributed by atoms with Crippen molar-refractivity contribution in [2.75, 3.05) is 98.2 Å². The molecule has 23 nitrogen and oxygen atoms in total. The van der Waals surface area contributed by atoms with E-state index in [4.69, 9.17) is 23.7 Å². The van der Waals surface area contributed by atoms with Gasteiger partial charge < -0.3 is 64.5 Å². The second-order valence-electron chi connectivity index (χ2n) is 37.4. The minimum Gasteiger partial charge on any atom is -0.508 e. The van der Waals surface area contributed by atoms with Crippen LogP contribution in [0.25, 0.3) is 0 Å². The van der Waals surface area contributed by atoms with Gasteiger partial charge in [-0.1, -0.05) is 78.4 Å². The van der Waals surface area contributed by atoms with E-state index in [0.29, 0.717) is 127 Å². The lowest BCUT2D eigenvalue weighted by molar-refractivity contribution is 0.0928. The summed E-state index contributed by atoms with van der Waals surface area (Å²) >= 11 is 0. The fraction of sp³-hybridized carbons (Fsp3) is 0.438. The summed E-state index contributed by atoms with van der Waals surface area (Å²) in [4.78, 5) is 49.1. The van der Waals surface area contributed by atoms with Crippen LogP contribution >= 0.6 is 0 Å². The van der Waals surface area contributed by atoms with Gasteiger partial charge in [-0.3, -0.25) is 49.0 Å². The number of ketones is 2. The summed E-state index contributed by atoms with van der Waals surface area (Å²) in [6.07, 6.45) is 15.5. The molecule has 10 fully saturated rings. The molecule has 0 amide bonds. The van der Waals surface area contributed by atoms with E-state index >= 15 is 0 Å². The third-order valence-corrected chi connectivity index (χ3v) is 27.9. The molecule has 0 radical (unpaired) electrons. The quantitative estimate of drug-likeness (QED) is 0.0247. The molecule has 128 heavy (non-hydrogen) atoms. The number of pyridine rings is 3. The van der Waals surface area contributed by atoms with Crippen LogP contribution in [0, 0.1) is 80.0 Å². The van der Waals surface area contributed by atoms with Crippen LogP contribution in [0.5, 0.6) is 57.5 Å². The van der Waals surface area contributed by atoms with Crippen LogP contribution in [0.15, 0.2) is 237 Å². The molecule has 5 saturated heterocycles. The Morgan fingerprint density at radius 2 is 0.602 bits per heavy atom. The van der Waals surface area contributed by atoms with Crippen molar-refractivity contribution in [1.29, 1.82) is 0 Å². The van der Waals surface area contributed by atoms with Crippen LogP contribution in [0.4, 0.5) is 0 Å². The number of carbonyl (C=O) groups excluding carboxylic acids is 2. The molecule has 0 bridgehead atoms. The Balaban J connectivity index is 0.000000117. The van der Waals surface area contributed by atoms with Crippen LogP contribution in [0.2, 0.25) is 0 Å². The van der Waals surface area contributed by atoms with Crippen molar-refractivity contribution in [3.63, 3.8) is 0 Å². The molecule has 8 heterocycles. The number of aliphatic hydroxyl groups excluding tert-OH is 3. The number of fused-ring (bicyclic) bond motifs is 5. The van der Waals surface area contributed by atoms with Gasteiger partial charge in [-0.15, -0.1) is 0 Å². The predicted octanol–water partition coefficient (Wildman–Crippen LogP) is 15.5. The SMILES string of the molecule is Cc1ccc(OC2C[C@@H]3CN(CC(O)c4ccc(O)cn4)C[C@@H]3C2)cc1.Cc1ncccc1OC1C[C@@H]2CN(CC(=O)c3ccc(O)cc3)C[C@@H]2C1.Cc1ncccc1OC1C[C@@H]2CN(CC(O)c3ccc(O)cc3)C[C@@H]2C1.O=C(CN1C[C@H]2CC(Oc3ccccc3)C[C@H]2C1)c1ccc(O)cc1.Oc1ccc(C(O)CN2C[C@H]3CC(Oc4ccccc4)C[C@H]3C2)cc1. The van der Waals surface area contributed by atoms with Gasteiger partial charge >= 0.3 is 0 Å². The lowest BCUT2D eigenvalue weighted by atomic mass is 10.0. The van der Waals surface area contributed by atoms with Crippen molar-refractivity contribution < 1.29 is 74.1 Å². The summed E-state index contributed by atoms with van der Waals surface area (Å²) < 4.78 is 30.7. The third-order valence-electron chi connectivity index (χ3n) is 27.9. The number of carbonyl (C=O) groups is 2. The molecule has 5 saturated carbocycles. The number of para-hydroxylation sites is 2. The summed E-state index contributed by atoms with van der Waals surface area (Å²) in [7, 11) is 0. The lowest BCUT2D eigenvalue weighted by Crippen LogP contribution is -2.30. The number of phenolic OH excluding ortho intramolecular Hbond substituents is 4. The van der Waals surface area contributed by atoms with E-state index in [0.717, 1.165) is 181 Å². The van der Waals surface area contributed by atoms with E-state index in [1.54, 1.807) is 122 Å². The molecule has 5 aliphatic heterocycles. The average molecular weight is 1740 g/mol. The van der Waals surface area contributed by atoms with Gasteiger partial charge in [0.25, 0.3) is 0 Å². The van der Waals surface area contributed by atoms with Gasteiger partial charge in [-0.05, 0) is 301 Å². The Kier molecular flexibility index (Phi) is 30.0. The average Bonchev–Trinajstić information content (AvgIpc) is 1.69. The molecule has 674 valence electrons. The van der Waals surface area contributed by atoms with Crippen LogP contribution in [-0.2, 0) is 0 Å². The summed E-state index contributed by atoms with van der Waals surface area (Å²) in [5.41, 5.74) is 6.79. The monoisotopic (exact) mass is 1740 g/mol. The van der Waals surface area contributed by atoms with Gasteiger partial charge in [0.2, 0.25) is 0 Å². The molecule has 0 spiro atoms. The summed E-state index contributed by atoms with van der Waals surface area (Å²) in [6, 6.07) is 66.1. The Morgan fingerprint density at radius 3 is 0.914 bits per heavy atom. The molecule has 20 rings (SSSR count). The number of likely N-dealkylation sites (tertiary alicyclic amines) is 5. The van der Waals surface area contributed by atoms with Crippen LogP contribution in [0.3, 0.4) is 0 Å². The maximum atomic E-state index is 12.4. The van der Waals surface area contributed by atoms with Gasteiger partial charge in [0, 0.05) is 109 Å². The number of benzene rings is 7. The normalized spacial score (nSPS) is 26.2. The Morgan fingerprint density at radius 1 is 0.312 bits per heavy atom. The maximum absolute atomic E-state index is 12.4. The standard InChI is InChI=1S/2C21H26N2O3.C21H24N2O3.C21H25NO3.C21H23NO3/c1-14-2-5-18(6-3-14)26-19-8-15-11-23(12-16(15)9-19)13-21(25)20-7-4-17(24)10-22-20;2*1-14-21(3-2-8-22-14)26-19-9-16-11-23(12-17(16)10-19)13-20(25)15-4-6-18(24)7-5-15;2*23-18-8-6-15(7-9-18)21(24)14-22-12-16-10-20(11-17(16)13-22)25-19-4-2-1-3-5-19/h2-7,10,15-16,19,21,24-25H,8-9,11-13H2,1H3;2-8,16-17,19-20,24-25H,9-13H2,1H3;2-8,16-17,19,24H,9-13H2,1H3;1-9,16-17,20-21,23-24H,10-14H2;1-9,16-17,20,23H,10-14H2/t15-,16+,19?,21?;16-,17+,19?,20?;16-,17+,19?;16-,17+,20?,21?;16-,17+,20?. The van der Waals surface area contributed by atoms with Crippen molar-refractivity contribution in [3.05, 3.63) is 282 Å². The fourth-order valence-corrected chi connectivity index (χ4v) is 21.5. The van der Waals surface area contributed by atoms with Gasteiger partial charge in [0.1, 0.15) is 63.6 Å². The predicted molar refractivity (Wildman–Crippen MR) is 489 cm³/mol. The Hall–Kier alpha value is -11.0. The van der Waals surface area contributed by atoms with Crippen molar-refractivity contribution in [2.24, 2.45) is 59.2 Å². The number of β-amino-alcohol motifs (C(OH)–C–C–N with tert-alkyl or cyclic N) is 3. The Bertz CT molecular complexity index is 5120. The second-order valence-corrected chi connectivity index (χ2v) is 37.4. The van der Waals surface area contributed by atoms with Gasteiger partial charge in [0.15, 0.2) is 11.6 Å². The van der Waals surface area contributed by atoms with Crippen LogP contribution in [-0.4, -0.2) is 221 Å². The molecular weight excluding hydrogens is 1610 g/mol. The molecule has 5 aliphatic carbocycles. The van der Waals surface area contributed by atoms with E-state index in [1.807, 2.05) is 98.8 Å². The highest BCUT2D eigenvalue weighted by atomic mass is 16.5. The number of hydrogen-bond acceptors (Lipinski definition) is 23. The zero-order chi connectivity index (χ0) is 88.7. The number of phenols is 4. The molecule has 10 aromatic rings. The minimum atomic E-state index is -0.617. The molecular formula is C105H124N8O15. The Labute approximate surface area is 751 Å². The fourth-order valence-electron chi connectivity index (χ4n) is 21.5. The number of aryl methyl sites for hydroxylation is 3. The number of Topliss-reactive ketones (excluding diaryl/α,β-unsaturated/α-hetero) is 2. The van der Waals surface area contributed by atoms with Crippen LogP contribution < -0.4 is 23.7 Å². The zero-order valence-corrected chi connectivity index (χ0v) is 73.6. The van der Waals surface area contributed by atoms with Crippen molar-refractivity contribution in [2.45, 2.75) is 134 Å². The van der Waals surface area contributed by atoms with Gasteiger partial charge in [-0.2, -0.15) is 0 Å².